The molecule has 21 heavy (non-hydrogen) atoms. The molecular weight excluding hydrogens is 313 g/mol. The molecule has 0 aromatic heterocycles. The van der Waals surface area contributed by atoms with Gasteiger partial charge in [-0.15, -0.1) is 0 Å². The molecule has 0 fully saturated rings. The molecule has 2 rings (SSSR count). The highest BCUT2D eigenvalue weighted by molar-refractivity contribution is 6.32. The van der Waals surface area contributed by atoms with Crippen LogP contribution in [0, 0.1) is 6.92 Å². The average Bonchev–Trinajstić information content (AvgIpc) is 2.38. The van der Waals surface area contributed by atoms with Crippen molar-refractivity contribution in [3.8, 4) is 5.75 Å². The maximum atomic E-state index is 12.9. The molecule has 0 saturated heterocycles. The normalized spacial score (nSPS) is 17.8. The first-order chi connectivity index (χ1) is 9.66. The van der Waals surface area contributed by atoms with Gasteiger partial charge < -0.3 is 14.9 Å². The molecule has 0 aliphatic carbocycles. The average molecular weight is 323 g/mol. The number of carbonyl (C=O) groups is 1. The monoisotopic (exact) mass is 322 g/mol. The molecule has 1 aromatic rings. The third-order valence-corrected chi connectivity index (χ3v) is 3.61. The molecule has 0 radical (unpaired) electrons. The van der Waals surface area contributed by atoms with Gasteiger partial charge >= 0.3 is 12.1 Å². The van der Waals surface area contributed by atoms with Gasteiger partial charge in [0.2, 0.25) is 6.10 Å². The fraction of sp³-hybridized carbons (Fsp3) is 0.308. The first-order valence-corrected chi connectivity index (χ1v) is 6.15. The van der Waals surface area contributed by atoms with Crippen LogP contribution in [0.25, 0.3) is 6.08 Å². The molecule has 1 aliphatic heterocycles. The van der Waals surface area contributed by atoms with Gasteiger partial charge in [-0.1, -0.05) is 11.6 Å². The number of aliphatic hydroxyl groups excluding tert-OH is 1. The van der Waals surface area contributed by atoms with Crippen molar-refractivity contribution in [1.82, 2.24) is 0 Å². The number of aliphatic hydroxyl groups is 1. The van der Waals surface area contributed by atoms with E-state index < -0.39 is 30.4 Å². The van der Waals surface area contributed by atoms with Crippen LogP contribution in [-0.2, 0) is 11.4 Å². The highest BCUT2D eigenvalue weighted by Crippen LogP contribution is 2.41. The van der Waals surface area contributed by atoms with Crippen molar-refractivity contribution in [1.29, 1.82) is 0 Å². The van der Waals surface area contributed by atoms with E-state index in [1.165, 1.54) is 6.07 Å². The Hall–Kier alpha value is -1.73. The number of fused-ring (bicyclic) bond motifs is 1. The molecule has 1 atom stereocenters. The van der Waals surface area contributed by atoms with E-state index in [1.54, 1.807) is 6.92 Å². The Bertz CT molecular complexity index is 637. The molecule has 2 N–H and O–H groups in total. The van der Waals surface area contributed by atoms with Gasteiger partial charge in [0, 0.05) is 16.1 Å². The van der Waals surface area contributed by atoms with Gasteiger partial charge in [-0.25, -0.2) is 4.79 Å². The summed E-state index contributed by atoms with van der Waals surface area (Å²) in [5.74, 6) is -1.91. The summed E-state index contributed by atoms with van der Waals surface area (Å²) in [6.07, 6.45) is -6.58. The molecule has 114 valence electrons. The van der Waals surface area contributed by atoms with Crippen LogP contribution >= 0.6 is 11.6 Å². The highest BCUT2D eigenvalue weighted by Gasteiger charge is 2.48. The number of rotatable bonds is 2. The van der Waals surface area contributed by atoms with Crippen LogP contribution in [0.1, 0.15) is 16.7 Å². The molecule has 0 bridgehead atoms. The molecule has 4 nitrogen and oxygen atoms in total. The van der Waals surface area contributed by atoms with E-state index in [1.807, 2.05) is 0 Å². The largest absolute Gasteiger partial charge is 0.478 e. The maximum Gasteiger partial charge on any atom is 0.430 e. The summed E-state index contributed by atoms with van der Waals surface area (Å²) in [6, 6.07) is 1.28. The van der Waals surface area contributed by atoms with Gasteiger partial charge in [-0.2, -0.15) is 13.2 Å². The van der Waals surface area contributed by atoms with Gasteiger partial charge in [0.15, 0.2) is 0 Å². The quantitative estimate of drug-likeness (QED) is 0.878. The number of benzene rings is 1. The Balaban J connectivity index is 2.69. The minimum atomic E-state index is -4.87. The highest BCUT2D eigenvalue weighted by atomic mass is 35.5. The molecule has 1 unspecified atom stereocenters. The van der Waals surface area contributed by atoms with Crippen LogP contribution in [0.2, 0.25) is 5.02 Å². The van der Waals surface area contributed by atoms with Crippen molar-refractivity contribution in [3.63, 3.8) is 0 Å². The van der Waals surface area contributed by atoms with E-state index >= 15 is 0 Å². The van der Waals surface area contributed by atoms with Crippen molar-refractivity contribution in [2.45, 2.75) is 25.8 Å². The van der Waals surface area contributed by atoms with E-state index in [0.717, 1.165) is 6.08 Å². The van der Waals surface area contributed by atoms with E-state index in [-0.39, 0.29) is 21.9 Å². The Morgan fingerprint density at radius 1 is 1.48 bits per heavy atom. The summed E-state index contributed by atoms with van der Waals surface area (Å²) in [7, 11) is 0. The van der Waals surface area contributed by atoms with Crippen LogP contribution in [-0.4, -0.2) is 28.5 Å². The second-order valence-corrected chi connectivity index (χ2v) is 4.88. The first kappa shape index (κ1) is 15.7. The molecule has 1 aromatic carbocycles. The molecule has 0 spiro atoms. The van der Waals surface area contributed by atoms with Crippen molar-refractivity contribution in [2.24, 2.45) is 0 Å². The van der Waals surface area contributed by atoms with Crippen LogP contribution in [0.4, 0.5) is 13.2 Å². The van der Waals surface area contributed by atoms with Gasteiger partial charge in [0.1, 0.15) is 5.75 Å². The first-order valence-electron chi connectivity index (χ1n) is 5.78. The Morgan fingerprint density at radius 2 is 2.10 bits per heavy atom. The molecule has 0 saturated carbocycles. The molecule has 0 amide bonds. The summed E-state index contributed by atoms with van der Waals surface area (Å²) in [6.45, 7) is 0.996. The van der Waals surface area contributed by atoms with Gasteiger partial charge in [0.25, 0.3) is 0 Å². The molecule has 8 heteroatoms. The summed E-state index contributed by atoms with van der Waals surface area (Å²) < 4.78 is 43.5. The number of alkyl halides is 3. The number of halogens is 4. The Labute approximate surface area is 122 Å². The Kier molecular flexibility index (Phi) is 3.90. The number of carboxylic acid groups (broad SMARTS) is 1. The molecule has 1 heterocycles. The van der Waals surface area contributed by atoms with Crippen LogP contribution in [0.5, 0.6) is 5.75 Å². The van der Waals surface area contributed by atoms with Crippen molar-refractivity contribution in [3.05, 3.63) is 33.4 Å². The number of aryl methyl sites for hydroxylation is 1. The van der Waals surface area contributed by atoms with Crippen molar-refractivity contribution in [2.75, 3.05) is 0 Å². The summed E-state index contributed by atoms with van der Waals surface area (Å²) in [5.41, 5.74) is -0.353. The fourth-order valence-corrected chi connectivity index (χ4v) is 2.31. The number of ether oxygens (including phenoxy) is 1. The predicted octanol–water partition coefficient (Wildman–Crippen LogP) is 2.93. The van der Waals surface area contributed by atoms with Crippen LogP contribution < -0.4 is 4.74 Å². The molecular formula is C13H10ClF3O4. The summed E-state index contributed by atoms with van der Waals surface area (Å²) in [4.78, 5) is 11.0. The Morgan fingerprint density at radius 3 is 2.57 bits per heavy atom. The third kappa shape index (κ3) is 2.71. The fourth-order valence-electron chi connectivity index (χ4n) is 2.09. The topological polar surface area (TPSA) is 66.8 Å². The number of aliphatic carboxylic acids is 1. The predicted molar refractivity (Wildman–Crippen MR) is 68.2 cm³/mol. The van der Waals surface area contributed by atoms with Crippen molar-refractivity contribution < 1.29 is 32.9 Å². The molecule has 1 aliphatic rings. The van der Waals surface area contributed by atoms with Gasteiger partial charge in [-0.05, 0) is 24.6 Å². The SMILES string of the molecule is Cc1cc2c(c(CO)c1Cl)C=C(C(=O)O)C(C(F)(F)F)O2. The van der Waals surface area contributed by atoms with Crippen LogP contribution in [0.15, 0.2) is 11.6 Å². The second-order valence-electron chi connectivity index (χ2n) is 4.50. The zero-order valence-electron chi connectivity index (χ0n) is 10.7. The van der Waals surface area contributed by atoms with E-state index in [9.17, 15) is 23.1 Å². The maximum absolute atomic E-state index is 12.9. The standard InChI is InChI=1S/C13H10ClF3O4/c1-5-2-9-6(8(4-18)10(5)14)3-7(12(19)20)11(21-9)13(15,16)17/h2-3,11,18H,4H2,1H3,(H,19,20). The van der Waals surface area contributed by atoms with Crippen molar-refractivity contribution >= 4 is 23.6 Å². The van der Waals surface area contributed by atoms with E-state index in [0.29, 0.717) is 5.56 Å². The number of carboxylic acids is 1. The zero-order chi connectivity index (χ0) is 15.9. The summed E-state index contributed by atoms with van der Waals surface area (Å²) in [5, 5.41) is 18.4. The van der Waals surface area contributed by atoms with Crippen LogP contribution in [0.3, 0.4) is 0 Å². The number of hydrogen-bond acceptors (Lipinski definition) is 3. The minimum Gasteiger partial charge on any atom is -0.478 e. The lowest BCUT2D eigenvalue weighted by molar-refractivity contribution is -0.187. The summed E-state index contributed by atoms with van der Waals surface area (Å²) >= 11 is 5.97. The lowest BCUT2D eigenvalue weighted by Gasteiger charge is -2.28. The lowest BCUT2D eigenvalue weighted by Crippen LogP contribution is -2.40. The zero-order valence-corrected chi connectivity index (χ0v) is 11.4. The van der Waals surface area contributed by atoms with Gasteiger partial charge in [-0.3, -0.25) is 0 Å². The van der Waals surface area contributed by atoms with Gasteiger partial charge in [0.05, 0.1) is 12.2 Å². The lowest BCUT2D eigenvalue weighted by atomic mass is 9.96. The second kappa shape index (κ2) is 5.23. The minimum absolute atomic E-state index is 0.0472. The smallest absolute Gasteiger partial charge is 0.430 e. The van der Waals surface area contributed by atoms with E-state index in [4.69, 9.17) is 21.4 Å². The number of hydrogen-bond donors (Lipinski definition) is 2. The van der Waals surface area contributed by atoms with E-state index in [2.05, 4.69) is 0 Å². The third-order valence-electron chi connectivity index (χ3n) is 3.08.